The van der Waals surface area contributed by atoms with Gasteiger partial charge < -0.3 is 20.3 Å². The molecule has 3 N–H and O–H groups in total. The molecule has 114 valence electrons. The zero-order chi connectivity index (χ0) is 15.2. The maximum Gasteiger partial charge on any atom is 0.334 e. The van der Waals surface area contributed by atoms with Crippen molar-refractivity contribution in [2.75, 3.05) is 13.2 Å². The summed E-state index contributed by atoms with van der Waals surface area (Å²) in [5, 5.41) is 20.3. The van der Waals surface area contributed by atoms with Crippen LogP contribution in [0.15, 0.2) is 30.3 Å². The Morgan fingerprint density at radius 1 is 1.33 bits per heavy atom. The quantitative estimate of drug-likeness (QED) is 0.743. The van der Waals surface area contributed by atoms with Gasteiger partial charge in [-0.1, -0.05) is 30.3 Å². The summed E-state index contributed by atoms with van der Waals surface area (Å²) < 4.78 is 5.71. The second-order valence-corrected chi connectivity index (χ2v) is 5.05. The Balaban J connectivity index is 2.01. The van der Waals surface area contributed by atoms with Crippen molar-refractivity contribution in [2.45, 2.75) is 25.0 Å². The lowest BCUT2D eigenvalue weighted by Gasteiger charge is -2.31. The van der Waals surface area contributed by atoms with Crippen molar-refractivity contribution in [3.63, 3.8) is 0 Å². The first-order valence-electron chi connectivity index (χ1n) is 6.94. The Morgan fingerprint density at radius 2 is 2.05 bits per heavy atom. The van der Waals surface area contributed by atoms with E-state index >= 15 is 0 Å². The Bertz CT molecular complexity index is 490. The highest BCUT2D eigenvalue weighted by Crippen LogP contribution is 2.33. The molecule has 6 heteroatoms. The maximum absolute atomic E-state index is 12.2. The molecule has 1 fully saturated rings. The third-order valence-corrected chi connectivity index (χ3v) is 3.54. The monoisotopic (exact) mass is 293 g/mol. The average molecular weight is 293 g/mol. The van der Waals surface area contributed by atoms with Crippen LogP contribution in [0.3, 0.4) is 0 Å². The highest BCUT2D eigenvalue weighted by atomic mass is 16.5. The number of ether oxygens (including phenoxy) is 1. The van der Waals surface area contributed by atoms with Gasteiger partial charge in [-0.25, -0.2) is 4.79 Å². The van der Waals surface area contributed by atoms with Crippen LogP contribution in [0.4, 0.5) is 0 Å². The van der Waals surface area contributed by atoms with Crippen LogP contribution in [0.5, 0.6) is 0 Å². The zero-order valence-electron chi connectivity index (χ0n) is 11.6. The van der Waals surface area contributed by atoms with Crippen LogP contribution in [-0.4, -0.2) is 41.3 Å². The molecule has 1 saturated heterocycles. The van der Waals surface area contributed by atoms with Gasteiger partial charge in [0.25, 0.3) is 0 Å². The van der Waals surface area contributed by atoms with E-state index in [1.165, 1.54) is 0 Å². The molecular formula is C15H19NO5. The first-order valence-corrected chi connectivity index (χ1v) is 6.94. The number of hydrogen-bond donors (Lipinski definition) is 3. The first kappa shape index (κ1) is 15.5. The topological polar surface area (TPSA) is 95.9 Å². The molecule has 3 atom stereocenters. The summed E-state index contributed by atoms with van der Waals surface area (Å²) in [6.45, 7) is 0.299. The van der Waals surface area contributed by atoms with Crippen LogP contribution < -0.4 is 5.32 Å². The lowest BCUT2D eigenvalue weighted by molar-refractivity contribution is -0.147. The predicted molar refractivity (Wildman–Crippen MR) is 74.5 cm³/mol. The second-order valence-electron chi connectivity index (χ2n) is 5.05. The molecular weight excluding hydrogens is 274 g/mol. The highest BCUT2D eigenvalue weighted by molar-refractivity contribution is 5.80. The summed E-state index contributed by atoms with van der Waals surface area (Å²) in [5.74, 6) is -2.01. The average Bonchev–Trinajstić information content (AvgIpc) is 2.53. The molecule has 0 aromatic heterocycles. The number of nitrogens with one attached hydrogen (secondary N) is 1. The summed E-state index contributed by atoms with van der Waals surface area (Å²) in [7, 11) is 0. The van der Waals surface area contributed by atoms with E-state index in [1.807, 2.05) is 30.3 Å². The molecule has 3 unspecified atom stereocenters. The molecule has 21 heavy (non-hydrogen) atoms. The summed E-state index contributed by atoms with van der Waals surface area (Å²) >= 11 is 0. The van der Waals surface area contributed by atoms with Gasteiger partial charge in [0.1, 0.15) is 0 Å². The van der Waals surface area contributed by atoms with Gasteiger partial charge in [0.05, 0.1) is 18.6 Å². The molecule has 0 aliphatic carbocycles. The molecule has 1 aromatic rings. The normalized spacial score (nSPS) is 23.3. The summed E-state index contributed by atoms with van der Waals surface area (Å²) in [6.07, 6.45) is -0.465. The minimum Gasteiger partial charge on any atom is -0.479 e. The third-order valence-electron chi connectivity index (χ3n) is 3.54. The van der Waals surface area contributed by atoms with Gasteiger partial charge in [-0.2, -0.15) is 0 Å². The molecule has 1 aromatic carbocycles. The van der Waals surface area contributed by atoms with Crippen molar-refractivity contribution in [1.29, 1.82) is 0 Å². The second kappa shape index (κ2) is 7.19. The van der Waals surface area contributed by atoms with Crippen LogP contribution in [0, 0.1) is 5.92 Å². The van der Waals surface area contributed by atoms with E-state index in [-0.39, 0.29) is 24.5 Å². The van der Waals surface area contributed by atoms with Gasteiger partial charge in [0.2, 0.25) is 5.91 Å². The Labute approximate surface area is 122 Å². The molecule has 0 radical (unpaired) electrons. The number of carboxylic acid groups (broad SMARTS) is 1. The van der Waals surface area contributed by atoms with Gasteiger partial charge >= 0.3 is 5.97 Å². The molecule has 0 spiro atoms. The van der Waals surface area contributed by atoms with E-state index < -0.39 is 12.1 Å². The predicted octanol–water partition coefficient (Wildman–Crippen LogP) is 0.716. The lowest BCUT2D eigenvalue weighted by atomic mass is 9.88. The van der Waals surface area contributed by atoms with Gasteiger partial charge in [-0.15, -0.1) is 0 Å². The minimum absolute atomic E-state index is 0.288. The fraction of sp³-hybridized carbons (Fsp3) is 0.467. The van der Waals surface area contributed by atoms with Crippen LogP contribution in [-0.2, 0) is 14.3 Å². The number of aliphatic carboxylic acids is 1. The van der Waals surface area contributed by atoms with Gasteiger partial charge in [0, 0.05) is 6.61 Å². The summed E-state index contributed by atoms with van der Waals surface area (Å²) in [5.41, 5.74) is 0.927. The van der Waals surface area contributed by atoms with Crippen molar-refractivity contribution in [3.8, 4) is 0 Å². The number of benzene rings is 1. The molecule has 1 aliphatic rings. The molecule has 0 saturated carbocycles. The Morgan fingerprint density at radius 3 is 2.71 bits per heavy atom. The number of amides is 1. The molecule has 0 bridgehead atoms. The number of carbonyl (C=O) groups excluding carboxylic acids is 1. The number of rotatable bonds is 5. The van der Waals surface area contributed by atoms with E-state index in [1.54, 1.807) is 0 Å². The van der Waals surface area contributed by atoms with Crippen molar-refractivity contribution < 1.29 is 24.5 Å². The van der Waals surface area contributed by atoms with Gasteiger partial charge in [0.15, 0.2) is 6.10 Å². The first-order chi connectivity index (χ1) is 10.1. The minimum atomic E-state index is -1.59. The third kappa shape index (κ3) is 4.03. The molecule has 6 nitrogen and oxygen atoms in total. The fourth-order valence-corrected chi connectivity index (χ4v) is 2.44. The van der Waals surface area contributed by atoms with Gasteiger partial charge in [-0.05, 0) is 18.4 Å². The van der Waals surface area contributed by atoms with Crippen molar-refractivity contribution in [2.24, 2.45) is 5.92 Å². The van der Waals surface area contributed by atoms with Crippen LogP contribution in [0.1, 0.15) is 24.5 Å². The van der Waals surface area contributed by atoms with E-state index in [0.29, 0.717) is 13.0 Å². The van der Waals surface area contributed by atoms with E-state index in [4.69, 9.17) is 9.84 Å². The number of hydrogen-bond acceptors (Lipinski definition) is 4. The van der Waals surface area contributed by atoms with E-state index in [2.05, 4.69) is 5.32 Å². The largest absolute Gasteiger partial charge is 0.479 e. The summed E-state index contributed by atoms with van der Waals surface area (Å²) in [4.78, 5) is 22.8. The standard InChI is InChI=1S/C15H19NO5/c17-12(15(19)20)9-16-14(18)11-7-4-8-21-13(11)10-5-2-1-3-6-10/h1-3,5-6,11-13,17H,4,7-9H2,(H,16,18)(H,19,20). The Kier molecular flexibility index (Phi) is 5.30. The summed E-state index contributed by atoms with van der Waals surface area (Å²) in [6, 6.07) is 9.47. The molecule has 1 aliphatic heterocycles. The smallest absolute Gasteiger partial charge is 0.334 e. The maximum atomic E-state index is 12.2. The van der Waals surface area contributed by atoms with Crippen LogP contribution >= 0.6 is 0 Å². The number of aliphatic hydroxyl groups is 1. The van der Waals surface area contributed by atoms with Crippen molar-refractivity contribution in [3.05, 3.63) is 35.9 Å². The van der Waals surface area contributed by atoms with Crippen LogP contribution in [0.25, 0.3) is 0 Å². The number of carbonyl (C=O) groups is 2. The van der Waals surface area contributed by atoms with Crippen LogP contribution in [0.2, 0.25) is 0 Å². The number of aliphatic hydroxyl groups excluding tert-OH is 1. The SMILES string of the molecule is O=C(O)C(O)CNC(=O)C1CCCOC1c1ccccc1. The number of carboxylic acids is 1. The van der Waals surface area contributed by atoms with Gasteiger partial charge in [-0.3, -0.25) is 4.79 Å². The van der Waals surface area contributed by atoms with E-state index in [9.17, 15) is 14.7 Å². The Hall–Kier alpha value is -1.92. The molecule has 2 rings (SSSR count). The van der Waals surface area contributed by atoms with E-state index in [0.717, 1.165) is 12.0 Å². The lowest BCUT2D eigenvalue weighted by Crippen LogP contribution is -2.42. The fourth-order valence-electron chi connectivity index (χ4n) is 2.44. The van der Waals surface area contributed by atoms with Crippen molar-refractivity contribution in [1.82, 2.24) is 5.32 Å². The van der Waals surface area contributed by atoms with Crippen molar-refractivity contribution >= 4 is 11.9 Å². The highest BCUT2D eigenvalue weighted by Gasteiger charge is 2.33. The molecule has 1 amide bonds. The molecule has 1 heterocycles. The zero-order valence-corrected chi connectivity index (χ0v) is 11.6.